The first-order chi connectivity index (χ1) is 12.8. The number of hydrogen-bond acceptors (Lipinski definition) is 5. The number of fused-ring (bicyclic) bond motifs is 1. The van der Waals surface area contributed by atoms with Crippen LogP contribution in [-0.4, -0.2) is 30.7 Å². The summed E-state index contributed by atoms with van der Waals surface area (Å²) in [6, 6.07) is 11.3. The van der Waals surface area contributed by atoms with Gasteiger partial charge in [0, 0.05) is 6.07 Å². The van der Waals surface area contributed by atoms with E-state index in [1.807, 2.05) is 30.3 Å². The number of carbonyl (C=O) groups excluding carboxylic acids is 1. The predicted octanol–water partition coefficient (Wildman–Crippen LogP) is 4.19. The van der Waals surface area contributed by atoms with E-state index in [0.29, 0.717) is 28.4 Å². The molecule has 1 heterocycles. The van der Waals surface area contributed by atoms with E-state index in [4.69, 9.17) is 14.2 Å². The Kier molecular flexibility index (Phi) is 5.24. The molecule has 0 aliphatic carbocycles. The molecule has 1 atom stereocenters. The highest BCUT2D eigenvalue weighted by atomic mass is 16.5. The van der Waals surface area contributed by atoms with Crippen LogP contribution in [0.15, 0.2) is 42.5 Å². The summed E-state index contributed by atoms with van der Waals surface area (Å²) in [6.07, 6.45) is 3.20. The molecule has 0 radical (unpaired) electrons. The van der Waals surface area contributed by atoms with Crippen molar-refractivity contribution >= 4 is 11.9 Å². The molecular weight excluding hydrogens is 344 g/mol. The van der Waals surface area contributed by atoms with Crippen molar-refractivity contribution in [1.82, 2.24) is 0 Å². The molecule has 1 N–H and O–H groups in total. The summed E-state index contributed by atoms with van der Waals surface area (Å²) >= 11 is 0. The van der Waals surface area contributed by atoms with E-state index in [-0.39, 0.29) is 12.2 Å². The van der Waals surface area contributed by atoms with Gasteiger partial charge in [0.15, 0.2) is 5.78 Å². The molecule has 1 aliphatic heterocycles. The summed E-state index contributed by atoms with van der Waals surface area (Å²) in [5.74, 6) is 1.28. The fourth-order valence-electron chi connectivity index (χ4n) is 3.10. The highest BCUT2D eigenvalue weighted by molar-refractivity contribution is 6.04. The third-order valence-corrected chi connectivity index (χ3v) is 4.42. The van der Waals surface area contributed by atoms with E-state index in [1.165, 1.54) is 7.11 Å². The van der Waals surface area contributed by atoms with Crippen LogP contribution in [0.5, 0.6) is 17.2 Å². The summed E-state index contributed by atoms with van der Waals surface area (Å²) in [5.41, 5.74) is 0.913. The molecule has 2 aromatic carbocycles. The van der Waals surface area contributed by atoms with Gasteiger partial charge in [0.05, 0.1) is 31.8 Å². The van der Waals surface area contributed by atoms with Crippen molar-refractivity contribution in [1.29, 1.82) is 0 Å². The van der Waals surface area contributed by atoms with Crippen LogP contribution in [-0.2, 0) is 0 Å². The van der Waals surface area contributed by atoms with Crippen LogP contribution in [0.25, 0.3) is 6.08 Å². The van der Waals surface area contributed by atoms with Crippen LogP contribution in [0.3, 0.4) is 0 Å². The highest BCUT2D eigenvalue weighted by Crippen LogP contribution is 2.46. The minimum Gasteiger partial charge on any atom is -0.496 e. The summed E-state index contributed by atoms with van der Waals surface area (Å²) in [7, 11) is 3.06. The van der Waals surface area contributed by atoms with Crippen LogP contribution in [0.1, 0.15) is 47.9 Å². The summed E-state index contributed by atoms with van der Waals surface area (Å²) in [4.78, 5) is 12.9. The lowest BCUT2D eigenvalue weighted by molar-refractivity contribution is 0.0843. The van der Waals surface area contributed by atoms with E-state index in [9.17, 15) is 9.90 Å². The van der Waals surface area contributed by atoms with Gasteiger partial charge in [0.1, 0.15) is 28.9 Å². The van der Waals surface area contributed by atoms with Gasteiger partial charge in [0.25, 0.3) is 0 Å². The van der Waals surface area contributed by atoms with E-state index in [2.05, 4.69) is 0 Å². The molecule has 0 fully saturated rings. The minimum atomic E-state index is -1.02. The molecule has 2 aromatic rings. The summed E-state index contributed by atoms with van der Waals surface area (Å²) < 4.78 is 17.2. The molecule has 5 heteroatoms. The largest absolute Gasteiger partial charge is 0.496 e. The number of aliphatic hydroxyl groups is 1. The maximum Gasteiger partial charge on any atom is 0.174 e. The van der Waals surface area contributed by atoms with Crippen molar-refractivity contribution in [2.24, 2.45) is 0 Å². The molecule has 0 saturated carbocycles. The van der Waals surface area contributed by atoms with Gasteiger partial charge in [-0.3, -0.25) is 4.79 Å². The Balaban J connectivity index is 2.17. The molecule has 27 heavy (non-hydrogen) atoms. The molecule has 0 bridgehead atoms. The van der Waals surface area contributed by atoms with E-state index in [1.54, 1.807) is 39.2 Å². The molecule has 0 spiro atoms. The molecule has 3 rings (SSSR count). The second-order valence-corrected chi connectivity index (χ2v) is 7.03. The van der Waals surface area contributed by atoms with Gasteiger partial charge in [-0.15, -0.1) is 0 Å². The van der Waals surface area contributed by atoms with Crippen LogP contribution in [0, 0.1) is 0 Å². The fraction of sp³-hybridized carbons (Fsp3) is 0.318. The van der Waals surface area contributed by atoms with Gasteiger partial charge in [-0.2, -0.15) is 0 Å². The lowest BCUT2D eigenvalue weighted by Gasteiger charge is -2.29. The maximum absolute atomic E-state index is 12.9. The second kappa shape index (κ2) is 7.45. The van der Waals surface area contributed by atoms with Gasteiger partial charge >= 0.3 is 0 Å². The second-order valence-electron chi connectivity index (χ2n) is 7.03. The Hall–Kier alpha value is -2.79. The van der Waals surface area contributed by atoms with Crippen LogP contribution in [0.4, 0.5) is 0 Å². The topological polar surface area (TPSA) is 65.0 Å². The van der Waals surface area contributed by atoms with Crippen molar-refractivity contribution < 1.29 is 24.1 Å². The monoisotopic (exact) mass is 368 g/mol. The van der Waals surface area contributed by atoms with Crippen molar-refractivity contribution in [3.05, 3.63) is 59.2 Å². The molecule has 0 amide bonds. The van der Waals surface area contributed by atoms with Crippen LogP contribution >= 0.6 is 0 Å². The highest BCUT2D eigenvalue weighted by Gasteiger charge is 2.33. The number of hydrogen-bond donors (Lipinski definition) is 1. The summed E-state index contributed by atoms with van der Waals surface area (Å²) in [6.45, 7) is 3.34. The SMILES string of the molecule is COc1cc(OC)c2c(c1/C=C/C(C)(C)O)OC(c1ccccc1)CC2=O. The molecule has 0 saturated heterocycles. The Morgan fingerprint density at radius 2 is 1.81 bits per heavy atom. The summed E-state index contributed by atoms with van der Waals surface area (Å²) in [5, 5.41) is 10.1. The van der Waals surface area contributed by atoms with Gasteiger partial charge in [0.2, 0.25) is 0 Å². The Morgan fingerprint density at radius 3 is 2.41 bits per heavy atom. The maximum atomic E-state index is 12.9. The molecule has 5 nitrogen and oxygen atoms in total. The lowest BCUT2D eigenvalue weighted by atomic mass is 9.92. The van der Waals surface area contributed by atoms with Gasteiger partial charge in [-0.25, -0.2) is 0 Å². The van der Waals surface area contributed by atoms with Gasteiger partial charge in [-0.1, -0.05) is 36.4 Å². The molecule has 1 aliphatic rings. The zero-order valence-corrected chi connectivity index (χ0v) is 16.0. The van der Waals surface area contributed by atoms with Crippen LogP contribution in [0.2, 0.25) is 0 Å². The van der Waals surface area contributed by atoms with Crippen molar-refractivity contribution in [3.8, 4) is 17.2 Å². The zero-order chi connectivity index (χ0) is 19.6. The average molecular weight is 368 g/mol. The van der Waals surface area contributed by atoms with Crippen molar-refractivity contribution in [2.45, 2.75) is 32.0 Å². The van der Waals surface area contributed by atoms with E-state index < -0.39 is 11.7 Å². The Bertz CT molecular complexity index is 863. The zero-order valence-electron chi connectivity index (χ0n) is 16.0. The quantitative estimate of drug-likeness (QED) is 0.857. The van der Waals surface area contributed by atoms with Crippen molar-refractivity contribution in [3.63, 3.8) is 0 Å². The Morgan fingerprint density at radius 1 is 1.15 bits per heavy atom. The average Bonchev–Trinajstić information content (AvgIpc) is 2.65. The molecular formula is C22H24O5. The number of benzene rings is 2. The van der Waals surface area contributed by atoms with E-state index >= 15 is 0 Å². The first-order valence-corrected chi connectivity index (χ1v) is 8.79. The number of carbonyl (C=O) groups is 1. The number of Topliss-reactive ketones (excluding diaryl/α,β-unsaturated/α-hetero) is 1. The third-order valence-electron chi connectivity index (χ3n) is 4.42. The Labute approximate surface area is 159 Å². The third kappa shape index (κ3) is 3.98. The first kappa shape index (κ1) is 19.0. The standard InChI is InChI=1S/C22H24O5/c1-22(2,24)11-10-15-18(25-3)13-19(26-4)20-16(23)12-17(27-21(15)20)14-8-6-5-7-9-14/h5-11,13,17,24H,12H2,1-4H3/b11-10+. The number of ketones is 1. The first-order valence-electron chi connectivity index (χ1n) is 8.79. The van der Waals surface area contributed by atoms with Gasteiger partial charge < -0.3 is 19.3 Å². The van der Waals surface area contributed by atoms with Crippen LogP contribution < -0.4 is 14.2 Å². The molecule has 1 unspecified atom stereocenters. The fourth-order valence-corrected chi connectivity index (χ4v) is 3.10. The van der Waals surface area contributed by atoms with E-state index in [0.717, 1.165) is 5.56 Å². The number of methoxy groups -OCH3 is 2. The molecule has 142 valence electrons. The van der Waals surface area contributed by atoms with Gasteiger partial charge in [-0.05, 0) is 25.5 Å². The number of rotatable bonds is 5. The smallest absolute Gasteiger partial charge is 0.174 e. The lowest BCUT2D eigenvalue weighted by Crippen LogP contribution is -2.22. The predicted molar refractivity (Wildman–Crippen MR) is 104 cm³/mol. The molecule has 0 aromatic heterocycles. The minimum absolute atomic E-state index is 0.0532. The van der Waals surface area contributed by atoms with Crippen molar-refractivity contribution in [2.75, 3.05) is 14.2 Å². The normalized spacial score (nSPS) is 16.8. The number of ether oxygens (including phenoxy) is 3.